The van der Waals surface area contributed by atoms with Gasteiger partial charge < -0.3 is 15.7 Å². The van der Waals surface area contributed by atoms with Crippen LogP contribution in [0.15, 0.2) is 24.3 Å². The molecule has 4 N–H and O–H groups in total. The van der Waals surface area contributed by atoms with E-state index in [1.54, 1.807) is 6.92 Å². The fraction of sp³-hybridized carbons (Fsp3) is 0.400. The summed E-state index contributed by atoms with van der Waals surface area (Å²) >= 11 is 0. The largest absolute Gasteiger partial charge is 0.479 e. The Kier molecular flexibility index (Phi) is 5.31. The van der Waals surface area contributed by atoms with Gasteiger partial charge >= 0.3 is 12.1 Å². The number of benzene rings is 1. The summed E-state index contributed by atoms with van der Waals surface area (Å²) in [6, 6.07) is 1.01. The molecule has 1 saturated heterocycles. The Morgan fingerprint density at radius 1 is 1.28 bits per heavy atom. The lowest BCUT2D eigenvalue weighted by Gasteiger charge is -2.29. The smallest absolute Gasteiger partial charge is 0.416 e. The number of alkyl halides is 3. The molecule has 0 radical (unpaired) electrons. The molecule has 25 heavy (non-hydrogen) atoms. The first-order chi connectivity index (χ1) is 11.6. The normalized spacial score (nSPS) is 22.0. The first kappa shape index (κ1) is 18.7. The first-order valence-electron chi connectivity index (χ1n) is 7.33. The summed E-state index contributed by atoms with van der Waals surface area (Å²) in [5.41, 5.74) is -0.937. The van der Waals surface area contributed by atoms with Crippen LogP contribution in [0.4, 0.5) is 13.2 Å². The van der Waals surface area contributed by atoms with Gasteiger partial charge in [-0.3, -0.25) is 14.9 Å². The Balaban J connectivity index is 2.14. The highest BCUT2D eigenvalue weighted by atomic mass is 19.4. The van der Waals surface area contributed by atoms with Crippen LogP contribution in [-0.2, 0) is 20.6 Å². The summed E-state index contributed by atoms with van der Waals surface area (Å²) in [5, 5.41) is 16.8. The molecule has 136 valence electrons. The van der Waals surface area contributed by atoms with Crippen LogP contribution in [0, 0.1) is 0 Å². The number of aliphatic carboxylic acids is 1. The number of hydrogen-bond donors (Lipinski definition) is 4. The minimum atomic E-state index is -4.55. The second-order valence-electron chi connectivity index (χ2n) is 5.61. The maximum atomic E-state index is 12.6. The summed E-state index contributed by atoms with van der Waals surface area (Å²) in [4.78, 5) is 35.1. The number of nitrogens with one attached hydrogen (secondary N) is 3. The average Bonchev–Trinajstić information content (AvgIpc) is 2.50. The van der Waals surface area contributed by atoms with Crippen LogP contribution < -0.4 is 16.0 Å². The van der Waals surface area contributed by atoms with Crippen LogP contribution in [0.2, 0.25) is 0 Å². The van der Waals surface area contributed by atoms with Crippen molar-refractivity contribution in [1.29, 1.82) is 0 Å². The predicted molar refractivity (Wildman–Crippen MR) is 79.1 cm³/mol. The molecule has 1 aromatic rings. The van der Waals surface area contributed by atoms with Crippen LogP contribution in [0.1, 0.15) is 30.5 Å². The Morgan fingerprint density at radius 2 is 1.88 bits per heavy atom. The molecule has 0 spiro atoms. The molecule has 2 amide bonds. The molecule has 3 atom stereocenters. The van der Waals surface area contributed by atoms with Crippen LogP contribution in [0.25, 0.3) is 0 Å². The SMILES string of the molecule is CC1NC(=O)CC(C(=O)N[C@@H](C(=O)O)c2ccc(C(F)(F)F)cc2)N1. The second kappa shape index (κ2) is 7.09. The Hall–Kier alpha value is -2.62. The van der Waals surface area contributed by atoms with Crippen molar-refractivity contribution in [1.82, 2.24) is 16.0 Å². The lowest BCUT2D eigenvalue weighted by atomic mass is 10.0. The molecule has 1 aliphatic heterocycles. The van der Waals surface area contributed by atoms with Crippen LogP contribution in [0.3, 0.4) is 0 Å². The van der Waals surface area contributed by atoms with E-state index >= 15 is 0 Å². The molecule has 0 bridgehead atoms. The number of halogens is 3. The van der Waals surface area contributed by atoms with Gasteiger partial charge in [0.1, 0.15) is 0 Å². The maximum Gasteiger partial charge on any atom is 0.416 e. The monoisotopic (exact) mass is 359 g/mol. The third-order valence-electron chi connectivity index (χ3n) is 3.64. The number of carbonyl (C=O) groups excluding carboxylic acids is 2. The Bertz CT molecular complexity index is 676. The predicted octanol–water partition coefficient (Wildman–Crippen LogP) is 0.771. The van der Waals surface area contributed by atoms with Crippen molar-refractivity contribution in [3.05, 3.63) is 35.4 Å². The number of rotatable bonds is 4. The van der Waals surface area contributed by atoms with Gasteiger partial charge in [0.25, 0.3) is 0 Å². The molecule has 7 nitrogen and oxygen atoms in total. The zero-order valence-corrected chi connectivity index (χ0v) is 13.1. The van der Waals surface area contributed by atoms with Crippen molar-refractivity contribution in [2.75, 3.05) is 0 Å². The molecular weight excluding hydrogens is 343 g/mol. The van der Waals surface area contributed by atoms with Crippen molar-refractivity contribution in [2.45, 2.75) is 37.8 Å². The van der Waals surface area contributed by atoms with Gasteiger partial charge in [-0.1, -0.05) is 12.1 Å². The summed E-state index contributed by atoms with van der Waals surface area (Å²) in [6.07, 6.45) is -5.18. The topological polar surface area (TPSA) is 108 Å². The average molecular weight is 359 g/mol. The van der Waals surface area contributed by atoms with Gasteiger partial charge in [0.2, 0.25) is 11.8 Å². The standard InChI is InChI=1S/C15H16F3N3O4/c1-7-19-10(6-11(22)20-7)13(23)21-12(14(24)25)8-2-4-9(5-3-8)15(16,17)18/h2-5,7,10,12,19H,6H2,1H3,(H,20,22)(H,21,23)(H,24,25)/t7?,10?,12-/m1/s1. The van der Waals surface area contributed by atoms with E-state index in [1.807, 2.05) is 0 Å². The molecular formula is C15H16F3N3O4. The fourth-order valence-electron chi connectivity index (χ4n) is 2.45. The van der Waals surface area contributed by atoms with Crippen LogP contribution in [-0.4, -0.2) is 35.1 Å². The van der Waals surface area contributed by atoms with Crippen molar-refractivity contribution >= 4 is 17.8 Å². The van der Waals surface area contributed by atoms with E-state index in [1.165, 1.54) is 0 Å². The minimum absolute atomic E-state index is 0.0119. The van der Waals surface area contributed by atoms with Gasteiger partial charge in [0.05, 0.1) is 24.2 Å². The molecule has 1 aliphatic rings. The third-order valence-corrected chi connectivity index (χ3v) is 3.64. The van der Waals surface area contributed by atoms with E-state index in [0.29, 0.717) is 0 Å². The molecule has 1 aromatic carbocycles. The molecule has 0 saturated carbocycles. The first-order valence-corrected chi connectivity index (χ1v) is 7.33. The lowest BCUT2D eigenvalue weighted by molar-refractivity contribution is -0.142. The van der Waals surface area contributed by atoms with Crippen molar-refractivity contribution in [3.63, 3.8) is 0 Å². The van der Waals surface area contributed by atoms with E-state index < -0.39 is 41.9 Å². The fourth-order valence-corrected chi connectivity index (χ4v) is 2.45. The molecule has 0 aromatic heterocycles. The molecule has 1 heterocycles. The number of amides is 2. The summed E-state index contributed by atoms with van der Waals surface area (Å²) in [6.45, 7) is 1.61. The summed E-state index contributed by atoms with van der Waals surface area (Å²) in [7, 11) is 0. The summed E-state index contributed by atoms with van der Waals surface area (Å²) in [5.74, 6) is -2.52. The summed E-state index contributed by atoms with van der Waals surface area (Å²) < 4.78 is 37.7. The number of carbonyl (C=O) groups is 3. The molecule has 10 heteroatoms. The highest BCUT2D eigenvalue weighted by molar-refractivity contribution is 5.92. The highest BCUT2D eigenvalue weighted by Gasteiger charge is 2.33. The van der Waals surface area contributed by atoms with Crippen molar-refractivity contribution in [2.24, 2.45) is 0 Å². The van der Waals surface area contributed by atoms with Gasteiger partial charge in [-0.05, 0) is 24.6 Å². The molecule has 1 fully saturated rings. The van der Waals surface area contributed by atoms with Gasteiger partial charge in [0.15, 0.2) is 6.04 Å². The van der Waals surface area contributed by atoms with Gasteiger partial charge in [0, 0.05) is 0 Å². The number of hydrogen-bond acceptors (Lipinski definition) is 4. The molecule has 0 aliphatic carbocycles. The number of carboxylic acid groups (broad SMARTS) is 1. The van der Waals surface area contributed by atoms with E-state index in [9.17, 15) is 32.7 Å². The van der Waals surface area contributed by atoms with Crippen molar-refractivity contribution < 1.29 is 32.7 Å². The number of carboxylic acids is 1. The van der Waals surface area contributed by atoms with E-state index in [2.05, 4.69) is 16.0 Å². The third kappa shape index (κ3) is 4.69. The van der Waals surface area contributed by atoms with Gasteiger partial charge in [-0.15, -0.1) is 0 Å². The van der Waals surface area contributed by atoms with Gasteiger partial charge in [-0.25, -0.2) is 4.79 Å². The zero-order valence-electron chi connectivity index (χ0n) is 13.1. The zero-order chi connectivity index (χ0) is 18.8. The van der Waals surface area contributed by atoms with Crippen LogP contribution in [0.5, 0.6) is 0 Å². The quantitative estimate of drug-likeness (QED) is 0.635. The maximum absolute atomic E-state index is 12.6. The van der Waals surface area contributed by atoms with Crippen LogP contribution >= 0.6 is 0 Å². The molecule has 2 rings (SSSR count). The van der Waals surface area contributed by atoms with Gasteiger partial charge in [-0.2, -0.15) is 13.2 Å². The Morgan fingerprint density at radius 3 is 2.36 bits per heavy atom. The molecule has 2 unspecified atom stereocenters. The second-order valence-corrected chi connectivity index (χ2v) is 5.61. The minimum Gasteiger partial charge on any atom is -0.479 e. The van der Waals surface area contributed by atoms with E-state index in [0.717, 1.165) is 24.3 Å². The van der Waals surface area contributed by atoms with E-state index in [4.69, 9.17) is 0 Å². The highest BCUT2D eigenvalue weighted by Crippen LogP contribution is 2.30. The lowest BCUT2D eigenvalue weighted by Crippen LogP contribution is -2.60. The Labute approximate surface area is 140 Å². The van der Waals surface area contributed by atoms with Crippen molar-refractivity contribution in [3.8, 4) is 0 Å². The van der Waals surface area contributed by atoms with E-state index in [-0.39, 0.29) is 17.9 Å².